The fourth-order valence-electron chi connectivity index (χ4n) is 3.72. The Hall–Kier alpha value is -3.12. The SMILES string of the molecule is Cc1ccc(-c2nc(COc3ccccc3CC3CCN[C@H]3C(=O)O)co2)cc1. The van der Waals surface area contributed by atoms with Crippen molar-refractivity contribution in [2.75, 3.05) is 6.54 Å². The van der Waals surface area contributed by atoms with Crippen LogP contribution in [0.2, 0.25) is 0 Å². The molecule has 3 aromatic rings. The van der Waals surface area contributed by atoms with Gasteiger partial charge in [-0.1, -0.05) is 35.9 Å². The van der Waals surface area contributed by atoms with E-state index in [1.165, 1.54) is 5.56 Å². The molecule has 0 aliphatic carbocycles. The Kier molecular flexibility index (Phi) is 5.62. The van der Waals surface area contributed by atoms with Crippen LogP contribution in [0.4, 0.5) is 0 Å². The monoisotopic (exact) mass is 392 g/mol. The number of benzene rings is 2. The number of aromatic nitrogens is 1. The standard InChI is InChI=1S/C23H24N2O4/c1-15-6-8-16(9-7-15)22-25-19(14-29-22)13-28-20-5-3-2-4-17(20)12-18-10-11-24-21(18)23(26)27/h2-9,14,18,21,24H,10-13H2,1H3,(H,26,27)/t18?,21-/m1/s1. The van der Waals surface area contributed by atoms with Crippen molar-refractivity contribution in [3.8, 4) is 17.2 Å². The van der Waals surface area contributed by atoms with Gasteiger partial charge in [0, 0.05) is 5.56 Å². The molecule has 2 N–H and O–H groups in total. The Labute approximate surface area is 169 Å². The minimum absolute atomic E-state index is 0.0532. The van der Waals surface area contributed by atoms with Gasteiger partial charge in [0.1, 0.15) is 30.4 Å². The Balaban J connectivity index is 1.43. The highest BCUT2D eigenvalue weighted by Crippen LogP contribution is 2.28. The topological polar surface area (TPSA) is 84.6 Å². The van der Waals surface area contributed by atoms with Crippen LogP contribution in [-0.4, -0.2) is 28.6 Å². The van der Waals surface area contributed by atoms with Crippen molar-refractivity contribution in [2.24, 2.45) is 5.92 Å². The molecule has 6 nitrogen and oxygen atoms in total. The molecule has 0 radical (unpaired) electrons. The summed E-state index contributed by atoms with van der Waals surface area (Å²) in [5.41, 5.74) is 3.83. The van der Waals surface area contributed by atoms with Crippen LogP contribution in [0.25, 0.3) is 11.5 Å². The molecule has 2 heterocycles. The van der Waals surface area contributed by atoms with Gasteiger partial charge in [0.2, 0.25) is 5.89 Å². The highest BCUT2D eigenvalue weighted by molar-refractivity contribution is 5.74. The van der Waals surface area contributed by atoms with Crippen molar-refractivity contribution in [2.45, 2.75) is 32.4 Å². The summed E-state index contributed by atoms with van der Waals surface area (Å²) in [7, 11) is 0. The Morgan fingerprint density at radius 2 is 2.03 bits per heavy atom. The van der Waals surface area contributed by atoms with E-state index in [1.807, 2.05) is 55.5 Å². The van der Waals surface area contributed by atoms with Gasteiger partial charge in [-0.3, -0.25) is 4.79 Å². The number of oxazole rings is 1. The fraction of sp³-hybridized carbons (Fsp3) is 0.304. The highest BCUT2D eigenvalue weighted by atomic mass is 16.5. The third-order valence-electron chi connectivity index (χ3n) is 5.30. The van der Waals surface area contributed by atoms with Crippen molar-refractivity contribution < 1.29 is 19.1 Å². The third-order valence-corrected chi connectivity index (χ3v) is 5.30. The predicted molar refractivity (Wildman–Crippen MR) is 109 cm³/mol. The molecular formula is C23H24N2O4. The van der Waals surface area contributed by atoms with Crippen LogP contribution in [0, 0.1) is 12.8 Å². The number of hydrogen-bond acceptors (Lipinski definition) is 5. The van der Waals surface area contributed by atoms with E-state index in [-0.39, 0.29) is 12.5 Å². The van der Waals surface area contributed by atoms with Gasteiger partial charge in [-0.05, 0) is 56.0 Å². The largest absolute Gasteiger partial charge is 0.487 e. The Morgan fingerprint density at radius 3 is 2.83 bits per heavy atom. The number of ether oxygens (including phenoxy) is 1. The zero-order valence-electron chi connectivity index (χ0n) is 16.3. The molecule has 0 bridgehead atoms. The number of rotatable bonds is 7. The van der Waals surface area contributed by atoms with Gasteiger partial charge in [0.05, 0.1) is 0 Å². The summed E-state index contributed by atoms with van der Waals surface area (Å²) in [4.78, 5) is 15.9. The zero-order chi connectivity index (χ0) is 20.2. The molecule has 2 atom stereocenters. The van der Waals surface area contributed by atoms with Gasteiger partial charge >= 0.3 is 5.97 Å². The quantitative estimate of drug-likeness (QED) is 0.636. The average Bonchev–Trinajstić information content (AvgIpc) is 3.37. The fourth-order valence-corrected chi connectivity index (χ4v) is 3.72. The molecule has 6 heteroatoms. The number of carbonyl (C=O) groups is 1. The second-order valence-electron chi connectivity index (χ2n) is 7.43. The maximum absolute atomic E-state index is 11.4. The van der Waals surface area contributed by atoms with E-state index in [1.54, 1.807) is 6.26 Å². The van der Waals surface area contributed by atoms with E-state index in [0.717, 1.165) is 29.8 Å². The average molecular weight is 392 g/mol. The van der Waals surface area contributed by atoms with Gasteiger partial charge in [0.15, 0.2) is 0 Å². The van der Waals surface area contributed by atoms with E-state index < -0.39 is 12.0 Å². The van der Waals surface area contributed by atoms with Gasteiger partial charge in [-0.2, -0.15) is 0 Å². The van der Waals surface area contributed by atoms with E-state index in [0.29, 0.717) is 18.0 Å². The molecule has 1 saturated heterocycles. The van der Waals surface area contributed by atoms with Crippen LogP contribution < -0.4 is 10.1 Å². The van der Waals surface area contributed by atoms with Crippen LogP contribution in [0.3, 0.4) is 0 Å². The lowest BCUT2D eigenvalue weighted by Crippen LogP contribution is -2.36. The summed E-state index contributed by atoms with van der Waals surface area (Å²) in [5.74, 6) is 0.580. The zero-order valence-corrected chi connectivity index (χ0v) is 16.3. The molecule has 1 unspecified atom stereocenters. The van der Waals surface area contributed by atoms with Crippen molar-refractivity contribution in [3.63, 3.8) is 0 Å². The first-order valence-corrected chi connectivity index (χ1v) is 9.78. The van der Waals surface area contributed by atoms with Crippen molar-refractivity contribution in [1.29, 1.82) is 0 Å². The summed E-state index contributed by atoms with van der Waals surface area (Å²) in [5, 5.41) is 12.4. The lowest BCUT2D eigenvalue weighted by Gasteiger charge is -2.17. The number of para-hydroxylation sites is 1. The Morgan fingerprint density at radius 1 is 1.24 bits per heavy atom. The smallest absolute Gasteiger partial charge is 0.320 e. The molecule has 1 fully saturated rings. The molecule has 1 aliphatic rings. The summed E-state index contributed by atoms with van der Waals surface area (Å²) in [6.45, 7) is 3.05. The molecule has 1 aromatic heterocycles. The maximum Gasteiger partial charge on any atom is 0.320 e. The summed E-state index contributed by atoms with van der Waals surface area (Å²) >= 11 is 0. The number of nitrogens with one attached hydrogen (secondary N) is 1. The second-order valence-corrected chi connectivity index (χ2v) is 7.43. The van der Waals surface area contributed by atoms with Crippen molar-refractivity contribution in [3.05, 3.63) is 71.6 Å². The normalized spacial score (nSPS) is 18.7. The van der Waals surface area contributed by atoms with E-state index in [4.69, 9.17) is 9.15 Å². The van der Waals surface area contributed by atoms with Gasteiger partial charge in [-0.25, -0.2) is 4.98 Å². The molecule has 150 valence electrons. The summed E-state index contributed by atoms with van der Waals surface area (Å²) in [6.07, 6.45) is 3.11. The molecule has 29 heavy (non-hydrogen) atoms. The van der Waals surface area contributed by atoms with Crippen molar-refractivity contribution in [1.82, 2.24) is 10.3 Å². The van der Waals surface area contributed by atoms with Gasteiger partial charge in [0.25, 0.3) is 0 Å². The number of carboxylic acids is 1. The molecule has 1 aliphatic heterocycles. The van der Waals surface area contributed by atoms with Crippen LogP contribution in [0.5, 0.6) is 5.75 Å². The minimum Gasteiger partial charge on any atom is -0.487 e. The predicted octanol–water partition coefficient (Wildman–Crippen LogP) is 3.83. The first kappa shape index (κ1) is 19.2. The molecular weight excluding hydrogens is 368 g/mol. The number of carboxylic acid groups (broad SMARTS) is 1. The first-order valence-electron chi connectivity index (χ1n) is 9.78. The van der Waals surface area contributed by atoms with Crippen LogP contribution in [-0.2, 0) is 17.8 Å². The van der Waals surface area contributed by atoms with Gasteiger partial charge in [-0.15, -0.1) is 0 Å². The molecule has 2 aromatic carbocycles. The molecule has 4 rings (SSSR count). The lowest BCUT2D eigenvalue weighted by molar-refractivity contribution is -0.140. The second kappa shape index (κ2) is 8.49. The van der Waals surface area contributed by atoms with Crippen molar-refractivity contribution >= 4 is 5.97 Å². The van der Waals surface area contributed by atoms with Crippen LogP contribution in [0.1, 0.15) is 23.2 Å². The summed E-state index contributed by atoms with van der Waals surface area (Å²) in [6, 6.07) is 15.3. The van der Waals surface area contributed by atoms with Crippen LogP contribution >= 0.6 is 0 Å². The molecule has 0 amide bonds. The summed E-state index contributed by atoms with van der Waals surface area (Å²) < 4.78 is 11.6. The highest BCUT2D eigenvalue weighted by Gasteiger charge is 2.32. The lowest BCUT2D eigenvalue weighted by atomic mass is 9.92. The molecule has 0 saturated carbocycles. The number of hydrogen-bond donors (Lipinski definition) is 2. The van der Waals surface area contributed by atoms with E-state index in [9.17, 15) is 9.90 Å². The number of aliphatic carboxylic acids is 1. The van der Waals surface area contributed by atoms with E-state index >= 15 is 0 Å². The molecule has 0 spiro atoms. The van der Waals surface area contributed by atoms with E-state index in [2.05, 4.69) is 10.3 Å². The van der Waals surface area contributed by atoms with Crippen LogP contribution in [0.15, 0.2) is 59.2 Å². The first-order chi connectivity index (χ1) is 14.1. The number of aryl methyl sites for hydroxylation is 1. The Bertz CT molecular complexity index is 981. The minimum atomic E-state index is -0.794. The van der Waals surface area contributed by atoms with Gasteiger partial charge < -0.3 is 19.6 Å². The third kappa shape index (κ3) is 4.49. The number of nitrogens with zero attached hydrogens (tertiary/aromatic N) is 1. The maximum atomic E-state index is 11.4.